The van der Waals surface area contributed by atoms with E-state index >= 15 is 0 Å². The molecule has 2 rings (SSSR count). The van der Waals surface area contributed by atoms with Gasteiger partial charge in [-0.05, 0) is 41.8 Å². The predicted octanol–water partition coefficient (Wildman–Crippen LogP) is 3.93. The summed E-state index contributed by atoms with van der Waals surface area (Å²) in [7, 11) is 4.96. The number of carbonyl (C=O) groups excluding carboxylic acids is 1. The summed E-state index contributed by atoms with van der Waals surface area (Å²) < 4.78 is 10.6. The van der Waals surface area contributed by atoms with E-state index in [-0.39, 0.29) is 29.9 Å². The lowest BCUT2D eigenvalue weighted by molar-refractivity contribution is -0.116. The van der Waals surface area contributed by atoms with Gasteiger partial charge in [0.15, 0.2) is 17.5 Å². The molecule has 0 saturated carbocycles. The van der Waals surface area contributed by atoms with E-state index in [1.807, 2.05) is 49.4 Å². The third-order valence-corrected chi connectivity index (χ3v) is 4.28. The van der Waals surface area contributed by atoms with Crippen LogP contribution < -0.4 is 25.4 Å². The minimum Gasteiger partial charge on any atom is -0.493 e. The minimum absolute atomic E-state index is 0. The molecule has 0 atom stereocenters. The number of amides is 1. The van der Waals surface area contributed by atoms with Crippen molar-refractivity contribution in [2.75, 3.05) is 26.6 Å². The maximum Gasteiger partial charge on any atom is 0.224 e. The van der Waals surface area contributed by atoms with Gasteiger partial charge in [0.1, 0.15) is 0 Å². The Morgan fingerprint density at radius 1 is 0.967 bits per heavy atom. The molecule has 0 aliphatic heterocycles. The number of anilines is 1. The second kappa shape index (κ2) is 13.7. The van der Waals surface area contributed by atoms with E-state index in [0.717, 1.165) is 23.2 Å². The molecule has 0 aliphatic rings. The van der Waals surface area contributed by atoms with Gasteiger partial charge >= 0.3 is 0 Å². The molecule has 0 bridgehead atoms. The molecule has 2 aromatic carbocycles. The van der Waals surface area contributed by atoms with Gasteiger partial charge in [-0.2, -0.15) is 0 Å². The topological polar surface area (TPSA) is 84.0 Å². The van der Waals surface area contributed by atoms with E-state index in [0.29, 0.717) is 37.0 Å². The zero-order valence-electron chi connectivity index (χ0n) is 18.0. The largest absolute Gasteiger partial charge is 0.493 e. The molecule has 7 nitrogen and oxygen atoms in total. The molecule has 0 saturated heterocycles. The van der Waals surface area contributed by atoms with Gasteiger partial charge in [-0.15, -0.1) is 24.0 Å². The molecule has 0 spiro atoms. The maximum atomic E-state index is 11.8. The Kier molecular flexibility index (Phi) is 11.7. The fourth-order valence-corrected chi connectivity index (χ4v) is 2.79. The number of methoxy groups -OCH3 is 2. The molecule has 164 valence electrons. The van der Waals surface area contributed by atoms with Crippen LogP contribution in [0, 0.1) is 0 Å². The van der Waals surface area contributed by atoms with Crippen molar-refractivity contribution in [3.05, 3.63) is 53.6 Å². The highest BCUT2D eigenvalue weighted by atomic mass is 127. The highest BCUT2D eigenvalue weighted by molar-refractivity contribution is 14.0. The van der Waals surface area contributed by atoms with E-state index in [9.17, 15) is 4.79 Å². The number of ether oxygens (including phenoxy) is 2. The first-order valence-electron chi connectivity index (χ1n) is 9.63. The molecule has 0 unspecified atom stereocenters. The molecular formula is C22H31IN4O3. The molecule has 2 aromatic rings. The average Bonchev–Trinajstić information content (AvgIpc) is 2.74. The van der Waals surface area contributed by atoms with Crippen LogP contribution in [0.3, 0.4) is 0 Å². The maximum absolute atomic E-state index is 11.8. The van der Waals surface area contributed by atoms with E-state index in [2.05, 4.69) is 20.9 Å². The van der Waals surface area contributed by atoms with Crippen molar-refractivity contribution in [1.29, 1.82) is 0 Å². The van der Waals surface area contributed by atoms with Gasteiger partial charge in [0, 0.05) is 32.2 Å². The van der Waals surface area contributed by atoms with Crippen molar-refractivity contribution in [1.82, 2.24) is 10.6 Å². The van der Waals surface area contributed by atoms with Crippen molar-refractivity contribution < 1.29 is 14.3 Å². The molecule has 0 radical (unpaired) electrons. The lowest BCUT2D eigenvalue weighted by Gasteiger charge is -2.14. The van der Waals surface area contributed by atoms with E-state index in [1.165, 1.54) is 0 Å². The Bertz CT molecular complexity index is 843. The Labute approximate surface area is 195 Å². The van der Waals surface area contributed by atoms with E-state index in [4.69, 9.17) is 9.47 Å². The lowest BCUT2D eigenvalue weighted by atomic mass is 10.2. The molecule has 1 amide bonds. The Balaban J connectivity index is 0.00000450. The van der Waals surface area contributed by atoms with Crippen LogP contribution in [0.5, 0.6) is 11.5 Å². The smallest absolute Gasteiger partial charge is 0.224 e. The van der Waals surface area contributed by atoms with Gasteiger partial charge in [-0.3, -0.25) is 9.79 Å². The number of nitrogens with zero attached hydrogens (tertiary/aromatic N) is 1. The number of rotatable bonds is 9. The fraction of sp³-hybridized carbons (Fsp3) is 0.364. The fourth-order valence-electron chi connectivity index (χ4n) is 2.79. The van der Waals surface area contributed by atoms with Crippen LogP contribution in [0.1, 0.15) is 30.9 Å². The second-order valence-electron chi connectivity index (χ2n) is 6.47. The Morgan fingerprint density at radius 3 is 2.23 bits per heavy atom. The normalized spacial score (nSPS) is 10.6. The summed E-state index contributed by atoms with van der Waals surface area (Å²) in [6, 6.07) is 13.6. The van der Waals surface area contributed by atoms with Gasteiger partial charge < -0.3 is 25.4 Å². The zero-order valence-corrected chi connectivity index (χ0v) is 20.3. The van der Waals surface area contributed by atoms with Crippen molar-refractivity contribution in [2.24, 2.45) is 4.99 Å². The summed E-state index contributed by atoms with van der Waals surface area (Å²) >= 11 is 0. The van der Waals surface area contributed by atoms with Crippen LogP contribution in [0.25, 0.3) is 0 Å². The molecule has 0 heterocycles. The number of guanidine groups is 1. The first-order chi connectivity index (χ1) is 14.1. The predicted molar refractivity (Wildman–Crippen MR) is 132 cm³/mol. The van der Waals surface area contributed by atoms with Gasteiger partial charge in [0.25, 0.3) is 0 Å². The molecule has 8 heteroatoms. The number of nitrogens with one attached hydrogen (secondary N) is 3. The third kappa shape index (κ3) is 8.10. The summed E-state index contributed by atoms with van der Waals surface area (Å²) in [5.41, 5.74) is 2.90. The summed E-state index contributed by atoms with van der Waals surface area (Å²) in [5.74, 6) is 2.10. The lowest BCUT2D eigenvalue weighted by Crippen LogP contribution is -2.36. The van der Waals surface area contributed by atoms with Crippen molar-refractivity contribution in [2.45, 2.75) is 32.9 Å². The second-order valence-corrected chi connectivity index (χ2v) is 6.47. The molecule has 0 fully saturated rings. The minimum atomic E-state index is 0. The van der Waals surface area contributed by atoms with Gasteiger partial charge in [-0.25, -0.2) is 0 Å². The molecule has 30 heavy (non-hydrogen) atoms. The van der Waals surface area contributed by atoms with Crippen molar-refractivity contribution in [3.8, 4) is 11.5 Å². The zero-order chi connectivity index (χ0) is 21.1. The van der Waals surface area contributed by atoms with Gasteiger partial charge in [-0.1, -0.05) is 25.1 Å². The number of hydrogen-bond acceptors (Lipinski definition) is 4. The SMILES string of the molecule is CCCC(=O)Nc1cccc(CNC(=NC)NCc2ccc(OC)c(OC)c2)c1.I. The molecule has 3 N–H and O–H groups in total. The Morgan fingerprint density at radius 2 is 1.63 bits per heavy atom. The molecular weight excluding hydrogens is 495 g/mol. The van der Waals surface area contributed by atoms with Crippen molar-refractivity contribution in [3.63, 3.8) is 0 Å². The van der Waals surface area contributed by atoms with Crippen molar-refractivity contribution >= 4 is 41.5 Å². The summed E-state index contributed by atoms with van der Waals surface area (Å²) in [5, 5.41) is 9.48. The number of carbonyl (C=O) groups is 1. The number of benzene rings is 2. The average molecular weight is 526 g/mol. The van der Waals surface area contributed by atoms with Gasteiger partial charge in [0.2, 0.25) is 5.91 Å². The first kappa shape index (κ1) is 25.5. The Hall–Kier alpha value is -2.49. The van der Waals surface area contributed by atoms with Crippen LogP contribution in [-0.2, 0) is 17.9 Å². The van der Waals surface area contributed by atoms with Crippen LogP contribution in [0.4, 0.5) is 5.69 Å². The molecule has 0 aliphatic carbocycles. The number of hydrogen-bond donors (Lipinski definition) is 3. The quantitative estimate of drug-likeness (QED) is 0.262. The number of aliphatic imine (C=N–C) groups is 1. The van der Waals surface area contributed by atoms with Gasteiger partial charge in [0.05, 0.1) is 14.2 Å². The monoisotopic (exact) mass is 526 g/mol. The first-order valence-corrected chi connectivity index (χ1v) is 9.63. The van der Waals surface area contributed by atoms with Crippen LogP contribution >= 0.6 is 24.0 Å². The summed E-state index contributed by atoms with van der Waals surface area (Å²) in [4.78, 5) is 16.0. The highest BCUT2D eigenvalue weighted by Gasteiger charge is 2.06. The summed E-state index contributed by atoms with van der Waals surface area (Å²) in [6.45, 7) is 3.16. The number of halogens is 1. The van der Waals surface area contributed by atoms with E-state index in [1.54, 1.807) is 21.3 Å². The summed E-state index contributed by atoms with van der Waals surface area (Å²) in [6.07, 6.45) is 1.35. The van der Waals surface area contributed by atoms with Crippen LogP contribution in [-0.4, -0.2) is 33.1 Å². The van der Waals surface area contributed by atoms with E-state index < -0.39 is 0 Å². The standard InChI is InChI=1S/C22H30N4O3.HI/c1-5-7-21(27)26-18-9-6-8-16(12-18)14-24-22(23-2)25-15-17-10-11-19(28-3)20(13-17)29-4;/h6,8-13H,5,7,14-15H2,1-4H3,(H,26,27)(H2,23,24,25);1H. The molecule has 0 aromatic heterocycles. The third-order valence-electron chi connectivity index (χ3n) is 4.28. The highest BCUT2D eigenvalue weighted by Crippen LogP contribution is 2.27. The van der Waals surface area contributed by atoms with Crippen LogP contribution in [0.15, 0.2) is 47.5 Å². The van der Waals surface area contributed by atoms with Crippen LogP contribution in [0.2, 0.25) is 0 Å².